The Hall–Kier alpha value is -3.44. The molecule has 0 aromatic heterocycles. The smallest absolute Gasteiger partial charge is 0.271 e. The lowest BCUT2D eigenvalue weighted by atomic mass is 10.2. The summed E-state index contributed by atoms with van der Waals surface area (Å²) >= 11 is 1.23. The van der Waals surface area contributed by atoms with Crippen LogP contribution in [-0.2, 0) is 14.3 Å². The molecule has 2 aliphatic heterocycles. The minimum Gasteiger partial charge on any atom is -0.495 e. The number of thioether (sulfide) groups is 1. The first-order chi connectivity index (χ1) is 16.4. The highest BCUT2D eigenvalue weighted by atomic mass is 32.2. The summed E-state index contributed by atoms with van der Waals surface area (Å²) in [5.41, 5.74) is 0.704. The molecule has 0 spiro atoms. The number of non-ortho nitro benzene ring substituents is 1. The number of benzene rings is 2. The van der Waals surface area contributed by atoms with Crippen molar-refractivity contribution in [2.24, 2.45) is 4.99 Å². The van der Waals surface area contributed by atoms with E-state index in [1.54, 1.807) is 4.90 Å². The summed E-state index contributed by atoms with van der Waals surface area (Å²) < 4.78 is 10.9. The van der Waals surface area contributed by atoms with E-state index in [9.17, 15) is 19.7 Å². The largest absolute Gasteiger partial charge is 0.495 e. The van der Waals surface area contributed by atoms with E-state index in [2.05, 4.69) is 10.3 Å². The lowest BCUT2D eigenvalue weighted by Gasteiger charge is -2.20. The molecule has 2 atom stereocenters. The van der Waals surface area contributed by atoms with Crippen molar-refractivity contribution in [3.8, 4) is 5.75 Å². The van der Waals surface area contributed by atoms with E-state index in [0.717, 1.165) is 12.8 Å². The number of hydrogen-bond acceptors (Lipinski definition) is 8. The van der Waals surface area contributed by atoms with Gasteiger partial charge < -0.3 is 14.8 Å². The van der Waals surface area contributed by atoms with E-state index in [0.29, 0.717) is 24.0 Å². The van der Waals surface area contributed by atoms with Gasteiger partial charge in [-0.3, -0.25) is 24.6 Å². The summed E-state index contributed by atoms with van der Waals surface area (Å²) in [5.74, 6) is -0.380. The summed E-state index contributed by atoms with van der Waals surface area (Å²) in [4.78, 5) is 42.8. The third-order valence-corrected chi connectivity index (χ3v) is 6.63. The van der Waals surface area contributed by atoms with Gasteiger partial charge in [-0.15, -0.1) is 0 Å². The summed E-state index contributed by atoms with van der Waals surface area (Å²) in [6.45, 7) is 1.05. The van der Waals surface area contributed by atoms with Gasteiger partial charge in [-0.25, -0.2) is 4.99 Å². The summed E-state index contributed by atoms with van der Waals surface area (Å²) in [6, 6.07) is 13.2. The average molecular weight is 485 g/mol. The highest BCUT2D eigenvalue weighted by molar-refractivity contribution is 8.15. The lowest BCUT2D eigenvalue weighted by molar-refractivity contribution is -0.384. The number of anilines is 1. The van der Waals surface area contributed by atoms with Crippen LogP contribution in [0.5, 0.6) is 5.75 Å². The fourth-order valence-electron chi connectivity index (χ4n) is 3.77. The Morgan fingerprint density at radius 1 is 1.32 bits per heavy atom. The predicted octanol–water partition coefficient (Wildman–Crippen LogP) is 3.74. The number of nitrogens with zero attached hydrogens (tertiary/aromatic N) is 3. The van der Waals surface area contributed by atoms with Crippen LogP contribution < -0.4 is 10.1 Å². The number of carbonyl (C=O) groups is 2. The van der Waals surface area contributed by atoms with Crippen molar-refractivity contribution in [2.75, 3.05) is 25.6 Å². The highest BCUT2D eigenvalue weighted by Gasteiger charge is 2.40. The van der Waals surface area contributed by atoms with E-state index in [1.165, 1.54) is 37.1 Å². The lowest BCUT2D eigenvalue weighted by Crippen LogP contribution is -2.38. The molecule has 0 aliphatic carbocycles. The van der Waals surface area contributed by atoms with Crippen molar-refractivity contribution in [1.29, 1.82) is 0 Å². The molecule has 10 nitrogen and oxygen atoms in total. The molecule has 178 valence electrons. The van der Waals surface area contributed by atoms with Crippen molar-refractivity contribution in [3.05, 3.63) is 58.6 Å². The Labute approximate surface area is 200 Å². The summed E-state index contributed by atoms with van der Waals surface area (Å²) in [7, 11) is 1.41. The van der Waals surface area contributed by atoms with E-state index >= 15 is 0 Å². The van der Waals surface area contributed by atoms with E-state index in [1.807, 2.05) is 30.3 Å². The second-order valence-corrected chi connectivity index (χ2v) is 8.98. The van der Waals surface area contributed by atoms with Gasteiger partial charge in [-0.2, -0.15) is 0 Å². The Balaban J connectivity index is 1.50. The molecule has 34 heavy (non-hydrogen) atoms. The maximum absolute atomic E-state index is 13.2. The van der Waals surface area contributed by atoms with Gasteiger partial charge >= 0.3 is 0 Å². The number of nitro groups is 1. The topological polar surface area (TPSA) is 123 Å². The SMILES string of the molecule is COc1ccc([N+](=O)[O-])cc1NC(=O)CC1SC(=Nc2ccccc2)N(CC2CCCO2)C1=O. The first-order valence-corrected chi connectivity index (χ1v) is 11.7. The number of methoxy groups -OCH3 is 1. The third-order valence-electron chi connectivity index (χ3n) is 5.45. The van der Waals surface area contributed by atoms with Crippen LogP contribution in [0.15, 0.2) is 53.5 Å². The molecule has 0 bridgehead atoms. The minimum atomic E-state index is -0.673. The molecule has 2 amide bonds. The predicted molar refractivity (Wildman–Crippen MR) is 128 cm³/mol. The monoisotopic (exact) mass is 484 g/mol. The zero-order valence-corrected chi connectivity index (χ0v) is 19.3. The molecule has 2 saturated heterocycles. The zero-order chi connectivity index (χ0) is 24.1. The molecule has 0 saturated carbocycles. The van der Waals surface area contributed by atoms with E-state index < -0.39 is 16.1 Å². The molecular weight excluding hydrogens is 460 g/mol. The molecule has 2 fully saturated rings. The van der Waals surface area contributed by atoms with Gasteiger partial charge in [-0.1, -0.05) is 30.0 Å². The number of ether oxygens (including phenoxy) is 2. The maximum atomic E-state index is 13.2. The van der Waals surface area contributed by atoms with Crippen LogP contribution in [-0.4, -0.2) is 58.4 Å². The van der Waals surface area contributed by atoms with Gasteiger partial charge in [0.1, 0.15) is 11.0 Å². The molecule has 0 radical (unpaired) electrons. The maximum Gasteiger partial charge on any atom is 0.271 e. The van der Waals surface area contributed by atoms with Crippen molar-refractivity contribution in [2.45, 2.75) is 30.6 Å². The molecule has 1 N–H and O–H groups in total. The number of nitrogens with one attached hydrogen (secondary N) is 1. The van der Waals surface area contributed by atoms with Crippen LogP contribution in [0, 0.1) is 10.1 Å². The van der Waals surface area contributed by atoms with E-state index in [4.69, 9.17) is 9.47 Å². The van der Waals surface area contributed by atoms with Crippen LogP contribution in [0.1, 0.15) is 19.3 Å². The summed E-state index contributed by atoms with van der Waals surface area (Å²) in [5, 5.41) is 13.6. The number of hydrogen-bond donors (Lipinski definition) is 1. The second kappa shape index (κ2) is 10.7. The molecule has 11 heteroatoms. The average Bonchev–Trinajstić information content (AvgIpc) is 3.44. The second-order valence-electron chi connectivity index (χ2n) is 7.81. The Morgan fingerprint density at radius 2 is 2.12 bits per heavy atom. The van der Waals surface area contributed by atoms with Crippen molar-refractivity contribution >= 4 is 45.8 Å². The van der Waals surface area contributed by atoms with Crippen molar-refractivity contribution in [1.82, 2.24) is 4.90 Å². The molecule has 2 aromatic rings. The number of nitro benzene ring substituents is 1. The highest BCUT2D eigenvalue weighted by Crippen LogP contribution is 2.34. The van der Waals surface area contributed by atoms with Crippen LogP contribution in [0.3, 0.4) is 0 Å². The van der Waals surface area contributed by atoms with Gasteiger partial charge in [0.15, 0.2) is 5.17 Å². The Bertz CT molecular complexity index is 1100. The molecular formula is C23H24N4O6S. The Kier molecular flexibility index (Phi) is 7.43. The van der Waals surface area contributed by atoms with Crippen LogP contribution in [0.25, 0.3) is 0 Å². The first kappa shape index (κ1) is 23.7. The van der Waals surface area contributed by atoms with Gasteiger partial charge in [0.25, 0.3) is 5.69 Å². The number of para-hydroxylation sites is 1. The van der Waals surface area contributed by atoms with Gasteiger partial charge in [0.2, 0.25) is 11.8 Å². The van der Waals surface area contributed by atoms with Crippen LogP contribution in [0.2, 0.25) is 0 Å². The number of aliphatic imine (C=N–C) groups is 1. The molecule has 2 unspecified atom stereocenters. The number of rotatable bonds is 8. The normalized spacial score (nSPS) is 21.1. The third kappa shape index (κ3) is 5.54. The van der Waals surface area contributed by atoms with Crippen molar-refractivity contribution < 1.29 is 24.0 Å². The molecule has 2 aliphatic rings. The van der Waals surface area contributed by atoms with Crippen LogP contribution >= 0.6 is 11.8 Å². The van der Waals surface area contributed by atoms with Gasteiger partial charge in [0.05, 0.1) is 36.1 Å². The van der Waals surface area contributed by atoms with Crippen LogP contribution in [0.4, 0.5) is 17.1 Å². The molecule has 2 heterocycles. The zero-order valence-electron chi connectivity index (χ0n) is 18.5. The minimum absolute atomic E-state index is 0.0628. The van der Waals surface area contributed by atoms with E-state index in [-0.39, 0.29) is 35.6 Å². The number of carbonyl (C=O) groups excluding carboxylic acids is 2. The number of amides is 2. The number of amidine groups is 1. The summed E-state index contributed by atoms with van der Waals surface area (Å²) in [6.07, 6.45) is 1.63. The van der Waals surface area contributed by atoms with Gasteiger partial charge in [0, 0.05) is 25.2 Å². The molecule has 4 rings (SSSR count). The van der Waals surface area contributed by atoms with Crippen molar-refractivity contribution in [3.63, 3.8) is 0 Å². The standard InChI is InChI=1S/C23H24N4O6S/c1-32-19-10-9-16(27(30)31)12-18(19)25-21(28)13-20-22(29)26(14-17-8-5-11-33-17)23(34-20)24-15-6-3-2-4-7-15/h2-4,6-7,9-10,12,17,20H,5,8,11,13-14H2,1H3,(H,25,28). The quantitative estimate of drug-likeness (QED) is 0.447. The van der Waals surface area contributed by atoms with Gasteiger partial charge in [-0.05, 0) is 31.0 Å². The Morgan fingerprint density at radius 3 is 2.79 bits per heavy atom. The fourth-order valence-corrected chi connectivity index (χ4v) is 4.94. The molecule has 2 aromatic carbocycles. The first-order valence-electron chi connectivity index (χ1n) is 10.8. The fraction of sp³-hybridized carbons (Fsp3) is 0.348.